The second kappa shape index (κ2) is 4.18. The van der Waals surface area contributed by atoms with Gasteiger partial charge in [-0.05, 0) is 18.6 Å². The van der Waals surface area contributed by atoms with Gasteiger partial charge in [0.05, 0.1) is 12.5 Å². The molecule has 1 saturated heterocycles. The molecule has 0 radical (unpaired) electrons. The fourth-order valence-corrected chi connectivity index (χ4v) is 1.94. The summed E-state index contributed by atoms with van der Waals surface area (Å²) in [5, 5.41) is 3.97. The molecule has 17 heavy (non-hydrogen) atoms. The summed E-state index contributed by atoms with van der Waals surface area (Å²) in [5.74, 6) is 1.41. The van der Waals surface area contributed by atoms with Crippen LogP contribution in [0.5, 0.6) is 0 Å². The van der Waals surface area contributed by atoms with Gasteiger partial charge in [0.25, 0.3) is 0 Å². The van der Waals surface area contributed by atoms with Crippen LogP contribution in [-0.2, 0) is 4.74 Å². The zero-order valence-corrected chi connectivity index (χ0v) is 9.30. The van der Waals surface area contributed by atoms with Crippen LogP contribution < -0.4 is 5.73 Å². The minimum atomic E-state index is 0.223. The molecule has 0 spiro atoms. The zero-order chi connectivity index (χ0) is 11.7. The van der Waals surface area contributed by atoms with Crippen LogP contribution in [0.2, 0.25) is 0 Å². The summed E-state index contributed by atoms with van der Waals surface area (Å²) in [4.78, 5) is 4.39. The molecule has 0 bridgehead atoms. The van der Waals surface area contributed by atoms with Gasteiger partial charge in [-0.25, -0.2) is 0 Å². The average Bonchev–Trinajstić information content (AvgIpc) is 3.00. The van der Waals surface area contributed by atoms with E-state index in [4.69, 9.17) is 15.0 Å². The summed E-state index contributed by atoms with van der Waals surface area (Å²) in [5.41, 5.74) is 7.33. The van der Waals surface area contributed by atoms with E-state index in [1.807, 2.05) is 24.3 Å². The maximum Gasteiger partial charge on any atom is 0.232 e. The largest absolute Gasteiger partial charge is 0.398 e. The van der Waals surface area contributed by atoms with E-state index >= 15 is 0 Å². The van der Waals surface area contributed by atoms with Crippen LogP contribution >= 0.6 is 0 Å². The molecule has 2 N–H and O–H groups in total. The minimum Gasteiger partial charge on any atom is -0.398 e. The van der Waals surface area contributed by atoms with Crippen molar-refractivity contribution >= 4 is 5.69 Å². The summed E-state index contributed by atoms with van der Waals surface area (Å²) < 4.78 is 10.6. The van der Waals surface area contributed by atoms with E-state index < -0.39 is 0 Å². The fraction of sp³-hybridized carbons (Fsp3) is 0.333. The van der Waals surface area contributed by atoms with Gasteiger partial charge in [0, 0.05) is 17.9 Å². The quantitative estimate of drug-likeness (QED) is 0.798. The van der Waals surface area contributed by atoms with Gasteiger partial charge in [-0.15, -0.1) is 0 Å². The van der Waals surface area contributed by atoms with Crippen LogP contribution in [0.25, 0.3) is 11.4 Å². The summed E-state index contributed by atoms with van der Waals surface area (Å²) >= 11 is 0. The summed E-state index contributed by atoms with van der Waals surface area (Å²) in [6.45, 7) is 1.42. The maximum absolute atomic E-state index is 5.87. The highest BCUT2D eigenvalue weighted by Gasteiger charge is 2.24. The second-order valence-electron chi connectivity index (χ2n) is 4.10. The van der Waals surface area contributed by atoms with Crippen LogP contribution in [0.15, 0.2) is 28.8 Å². The van der Waals surface area contributed by atoms with E-state index in [-0.39, 0.29) is 5.92 Å². The van der Waals surface area contributed by atoms with Crippen LogP contribution in [0.4, 0.5) is 5.69 Å². The fourth-order valence-electron chi connectivity index (χ4n) is 1.94. The molecular weight excluding hydrogens is 218 g/mol. The molecule has 2 aromatic rings. The lowest BCUT2D eigenvalue weighted by molar-refractivity contribution is 0.189. The molecular formula is C12H13N3O2. The number of ether oxygens (including phenoxy) is 1. The van der Waals surface area contributed by atoms with Gasteiger partial charge in [-0.1, -0.05) is 17.3 Å². The van der Waals surface area contributed by atoms with Gasteiger partial charge in [0.1, 0.15) is 0 Å². The number of benzene rings is 1. The van der Waals surface area contributed by atoms with Crippen molar-refractivity contribution in [3.05, 3.63) is 30.2 Å². The lowest BCUT2D eigenvalue weighted by atomic mass is 10.1. The Morgan fingerprint density at radius 2 is 2.18 bits per heavy atom. The highest BCUT2D eigenvalue weighted by atomic mass is 16.5. The topological polar surface area (TPSA) is 74.2 Å². The molecule has 1 unspecified atom stereocenters. The number of nitrogens with two attached hydrogens (primary N) is 1. The molecule has 1 aliphatic rings. The van der Waals surface area contributed by atoms with E-state index in [1.54, 1.807) is 0 Å². The normalized spacial score (nSPS) is 19.6. The molecule has 5 heteroatoms. The standard InChI is InChI=1S/C12H13N3O2/c13-10-4-2-1-3-9(10)11-14-12(17-15-11)8-5-6-16-7-8/h1-4,8H,5-7,13H2. The van der Waals surface area contributed by atoms with Crippen LogP contribution in [0.3, 0.4) is 0 Å². The molecule has 1 aliphatic heterocycles. The Labute approximate surface area is 98.6 Å². The van der Waals surface area contributed by atoms with Crippen molar-refractivity contribution in [2.75, 3.05) is 18.9 Å². The number of hydrogen-bond donors (Lipinski definition) is 1. The van der Waals surface area contributed by atoms with Crippen LogP contribution in [0.1, 0.15) is 18.2 Å². The first kappa shape index (κ1) is 10.3. The highest BCUT2D eigenvalue weighted by molar-refractivity contribution is 5.70. The van der Waals surface area contributed by atoms with E-state index in [0.29, 0.717) is 24.0 Å². The first-order valence-corrected chi connectivity index (χ1v) is 5.61. The van der Waals surface area contributed by atoms with Gasteiger partial charge in [0.2, 0.25) is 11.7 Å². The van der Waals surface area contributed by atoms with Gasteiger partial charge in [-0.3, -0.25) is 0 Å². The Hall–Kier alpha value is -1.88. The Kier molecular flexibility index (Phi) is 2.53. The first-order valence-electron chi connectivity index (χ1n) is 5.61. The van der Waals surface area contributed by atoms with Gasteiger partial charge >= 0.3 is 0 Å². The summed E-state index contributed by atoms with van der Waals surface area (Å²) in [6, 6.07) is 7.49. The molecule has 0 saturated carbocycles. The minimum absolute atomic E-state index is 0.223. The second-order valence-corrected chi connectivity index (χ2v) is 4.10. The van der Waals surface area contributed by atoms with E-state index in [1.165, 1.54) is 0 Å². The van der Waals surface area contributed by atoms with Crippen molar-refractivity contribution < 1.29 is 9.26 Å². The maximum atomic E-state index is 5.87. The number of aromatic nitrogens is 2. The van der Waals surface area contributed by atoms with E-state index in [0.717, 1.165) is 18.6 Å². The van der Waals surface area contributed by atoms with E-state index in [2.05, 4.69) is 10.1 Å². The zero-order valence-electron chi connectivity index (χ0n) is 9.30. The Morgan fingerprint density at radius 1 is 1.29 bits per heavy atom. The third kappa shape index (κ3) is 1.89. The molecule has 1 atom stereocenters. The van der Waals surface area contributed by atoms with Crippen molar-refractivity contribution in [1.82, 2.24) is 10.1 Å². The summed E-state index contributed by atoms with van der Waals surface area (Å²) in [7, 11) is 0. The highest BCUT2D eigenvalue weighted by Crippen LogP contribution is 2.27. The molecule has 5 nitrogen and oxygen atoms in total. The van der Waals surface area contributed by atoms with E-state index in [9.17, 15) is 0 Å². The summed E-state index contributed by atoms with van der Waals surface area (Å²) in [6.07, 6.45) is 0.936. The number of rotatable bonds is 2. The third-order valence-corrected chi connectivity index (χ3v) is 2.92. The van der Waals surface area contributed by atoms with Crippen molar-refractivity contribution in [3.8, 4) is 11.4 Å². The third-order valence-electron chi connectivity index (χ3n) is 2.92. The smallest absolute Gasteiger partial charge is 0.232 e. The first-order chi connectivity index (χ1) is 8.34. The van der Waals surface area contributed by atoms with Gasteiger partial charge < -0.3 is 15.0 Å². The van der Waals surface area contributed by atoms with Crippen molar-refractivity contribution in [3.63, 3.8) is 0 Å². The lowest BCUT2D eigenvalue weighted by Gasteiger charge is -1.99. The SMILES string of the molecule is Nc1ccccc1-c1noc(C2CCOC2)n1. The van der Waals surface area contributed by atoms with Crippen molar-refractivity contribution in [1.29, 1.82) is 0 Å². The molecule has 1 aromatic carbocycles. The molecule has 88 valence electrons. The average molecular weight is 231 g/mol. The Morgan fingerprint density at radius 3 is 2.94 bits per heavy atom. The molecule has 2 heterocycles. The number of nitrogen functional groups attached to an aromatic ring is 1. The number of para-hydroxylation sites is 1. The molecule has 3 rings (SSSR count). The monoisotopic (exact) mass is 231 g/mol. The number of nitrogens with zero attached hydrogens (tertiary/aromatic N) is 2. The Bertz CT molecular complexity index is 518. The molecule has 1 fully saturated rings. The number of hydrogen-bond acceptors (Lipinski definition) is 5. The van der Waals surface area contributed by atoms with Crippen molar-refractivity contribution in [2.45, 2.75) is 12.3 Å². The Balaban J connectivity index is 1.92. The molecule has 1 aromatic heterocycles. The predicted molar refractivity (Wildman–Crippen MR) is 62.3 cm³/mol. The lowest BCUT2D eigenvalue weighted by Crippen LogP contribution is -1.97. The molecule has 0 aliphatic carbocycles. The van der Waals surface area contributed by atoms with Gasteiger partial charge in [-0.2, -0.15) is 4.98 Å². The van der Waals surface area contributed by atoms with Crippen LogP contribution in [-0.4, -0.2) is 23.4 Å². The molecule has 0 amide bonds. The van der Waals surface area contributed by atoms with Gasteiger partial charge in [0.15, 0.2) is 0 Å². The van der Waals surface area contributed by atoms with Crippen molar-refractivity contribution in [2.24, 2.45) is 0 Å². The van der Waals surface area contributed by atoms with Crippen LogP contribution in [0, 0.1) is 0 Å². The number of anilines is 1. The predicted octanol–water partition coefficient (Wildman–Crippen LogP) is 1.82.